The summed E-state index contributed by atoms with van der Waals surface area (Å²) in [4.78, 5) is 22.1. The van der Waals surface area contributed by atoms with Gasteiger partial charge in [-0.2, -0.15) is 5.21 Å². The van der Waals surface area contributed by atoms with E-state index in [0.717, 1.165) is 63.7 Å². The van der Waals surface area contributed by atoms with Gasteiger partial charge in [0.1, 0.15) is 11.3 Å². The molecule has 0 saturated carbocycles. The molecule has 0 radical (unpaired) electrons. The zero-order valence-electron chi connectivity index (χ0n) is 23.8. The maximum absolute atomic E-state index is 12.3. The summed E-state index contributed by atoms with van der Waals surface area (Å²) in [5.41, 5.74) is 6.54. The van der Waals surface area contributed by atoms with E-state index in [1.807, 2.05) is 50.2 Å². The number of rotatable bonds is 9. The minimum Gasteiger partial charge on any atom is -0.336 e. The Hall–Kier alpha value is -4.86. The van der Waals surface area contributed by atoms with Crippen LogP contribution in [0.25, 0.3) is 33.4 Å². The molecular formula is C31H35N9O. The first-order chi connectivity index (χ1) is 20.0. The lowest BCUT2D eigenvalue weighted by Crippen LogP contribution is -2.34. The number of benzene rings is 3. The van der Waals surface area contributed by atoms with Gasteiger partial charge in [-0.15, -0.1) is 10.2 Å². The van der Waals surface area contributed by atoms with E-state index in [2.05, 4.69) is 73.1 Å². The van der Waals surface area contributed by atoms with Gasteiger partial charge in [0.25, 0.3) is 0 Å². The van der Waals surface area contributed by atoms with Gasteiger partial charge in [-0.05, 0) is 60.4 Å². The van der Waals surface area contributed by atoms with Gasteiger partial charge in [0, 0.05) is 36.1 Å². The van der Waals surface area contributed by atoms with Gasteiger partial charge in [-0.25, -0.2) is 9.78 Å². The molecule has 2 heterocycles. The molecule has 5 aromatic rings. The van der Waals surface area contributed by atoms with Crippen LogP contribution in [-0.2, 0) is 13.0 Å². The fraction of sp³-hybridized carbons (Fsp3) is 0.290. The van der Waals surface area contributed by atoms with Gasteiger partial charge >= 0.3 is 6.03 Å². The Morgan fingerprint density at radius 2 is 1.83 bits per heavy atom. The van der Waals surface area contributed by atoms with E-state index in [1.165, 1.54) is 0 Å². The van der Waals surface area contributed by atoms with Gasteiger partial charge < -0.3 is 15.2 Å². The van der Waals surface area contributed by atoms with Crippen LogP contribution in [0.1, 0.15) is 45.0 Å². The molecule has 10 heteroatoms. The van der Waals surface area contributed by atoms with Crippen molar-refractivity contribution in [3.8, 4) is 22.5 Å². The van der Waals surface area contributed by atoms with Crippen molar-refractivity contribution in [1.82, 2.24) is 35.5 Å². The molecule has 210 valence electrons. The lowest BCUT2D eigenvalue weighted by Gasteiger charge is -2.17. The molecular weight excluding hydrogens is 514 g/mol. The summed E-state index contributed by atoms with van der Waals surface area (Å²) < 4.78 is 2.19. The number of amides is 2. The Balaban J connectivity index is 1.51. The van der Waals surface area contributed by atoms with Crippen molar-refractivity contribution in [3.05, 3.63) is 83.6 Å². The molecule has 0 spiro atoms. The average Bonchev–Trinajstić information content (AvgIpc) is 3.51. The first-order valence-electron chi connectivity index (χ1n) is 13.9. The summed E-state index contributed by atoms with van der Waals surface area (Å²) in [5.74, 6) is 1.55. The molecule has 0 saturated heterocycles. The maximum atomic E-state index is 12.3. The molecule has 0 atom stereocenters. The van der Waals surface area contributed by atoms with Gasteiger partial charge in [-0.1, -0.05) is 61.9 Å². The highest BCUT2D eigenvalue weighted by Crippen LogP contribution is 2.30. The normalized spacial score (nSPS) is 11.8. The minimum atomic E-state index is -0.240. The highest BCUT2D eigenvalue weighted by molar-refractivity contribution is 5.92. The van der Waals surface area contributed by atoms with E-state index >= 15 is 0 Å². The molecule has 0 aliphatic heterocycles. The Morgan fingerprint density at radius 1 is 1.05 bits per heavy atom. The molecule has 5 rings (SSSR count). The zero-order chi connectivity index (χ0) is 28.8. The Kier molecular flexibility index (Phi) is 8.47. The highest BCUT2D eigenvalue weighted by Gasteiger charge is 2.14. The summed E-state index contributed by atoms with van der Waals surface area (Å²) in [7, 11) is 1.80. The van der Waals surface area contributed by atoms with Crippen molar-refractivity contribution in [2.24, 2.45) is 4.99 Å². The summed E-state index contributed by atoms with van der Waals surface area (Å²) in [6.07, 6.45) is 2.95. The van der Waals surface area contributed by atoms with E-state index in [1.54, 1.807) is 7.05 Å². The molecule has 2 amide bonds. The number of nitrogens with zero attached hydrogens (tertiary/aromatic N) is 6. The number of aryl methyl sites for hydroxylation is 1. The zero-order valence-corrected chi connectivity index (χ0v) is 23.8. The quantitative estimate of drug-likeness (QED) is 0.229. The maximum Gasteiger partial charge on any atom is 0.319 e. The second-order valence-corrected chi connectivity index (χ2v) is 10.2. The molecule has 10 nitrogen and oxygen atoms in total. The van der Waals surface area contributed by atoms with Crippen LogP contribution in [0.3, 0.4) is 0 Å². The number of hydrogen-bond acceptors (Lipinski definition) is 6. The van der Waals surface area contributed by atoms with Gasteiger partial charge in [0.05, 0.1) is 12.1 Å². The predicted molar refractivity (Wildman–Crippen MR) is 161 cm³/mol. The molecule has 3 N–H and O–H groups in total. The smallest absolute Gasteiger partial charge is 0.319 e. The second-order valence-electron chi connectivity index (χ2n) is 10.2. The van der Waals surface area contributed by atoms with E-state index in [0.29, 0.717) is 18.1 Å². The molecule has 0 unspecified atom stereocenters. The van der Waals surface area contributed by atoms with Gasteiger partial charge in [0.15, 0.2) is 0 Å². The number of unbranched alkanes of at least 4 members (excludes halogenated alkanes) is 1. The fourth-order valence-corrected chi connectivity index (χ4v) is 4.90. The third kappa shape index (κ3) is 6.32. The summed E-state index contributed by atoms with van der Waals surface area (Å²) in [6, 6.07) is 22.1. The van der Waals surface area contributed by atoms with Crippen LogP contribution >= 0.6 is 0 Å². The Bertz CT molecular complexity index is 1700. The van der Waals surface area contributed by atoms with Gasteiger partial charge in [-0.3, -0.25) is 4.99 Å². The summed E-state index contributed by atoms with van der Waals surface area (Å²) in [5, 5.41) is 21.3. The second kappa shape index (κ2) is 12.5. The molecule has 0 aliphatic carbocycles. The van der Waals surface area contributed by atoms with Crippen molar-refractivity contribution in [2.45, 2.75) is 52.6 Å². The number of anilines is 1. The summed E-state index contributed by atoms with van der Waals surface area (Å²) >= 11 is 0. The minimum absolute atomic E-state index is 0.0421. The van der Waals surface area contributed by atoms with E-state index < -0.39 is 0 Å². The van der Waals surface area contributed by atoms with Crippen molar-refractivity contribution < 1.29 is 4.79 Å². The number of nitrogens with one attached hydrogen (secondary N) is 3. The lowest BCUT2D eigenvalue weighted by atomic mass is 9.98. The number of hydrogen-bond donors (Lipinski definition) is 3. The van der Waals surface area contributed by atoms with Crippen LogP contribution in [-0.4, -0.2) is 49.3 Å². The van der Waals surface area contributed by atoms with Crippen LogP contribution in [0.5, 0.6) is 0 Å². The molecule has 2 aromatic heterocycles. The van der Waals surface area contributed by atoms with Gasteiger partial charge in [0.2, 0.25) is 5.82 Å². The lowest BCUT2D eigenvalue weighted by molar-refractivity contribution is 0.250. The number of fused-ring (bicyclic) bond motifs is 1. The highest BCUT2D eigenvalue weighted by atomic mass is 16.2. The number of aromatic amines is 1. The molecule has 0 bridgehead atoms. The number of aromatic nitrogens is 6. The third-order valence-electron chi connectivity index (χ3n) is 6.82. The van der Waals surface area contributed by atoms with E-state index in [-0.39, 0.29) is 12.1 Å². The van der Waals surface area contributed by atoms with Crippen LogP contribution < -0.4 is 16.1 Å². The first kappa shape index (κ1) is 27.7. The molecule has 0 fully saturated rings. The average molecular weight is 550 g/mol. The van der Waals surface area contributed by atoms with Crippen LogP contribution in [0, 0.1) is 0 Å². The Morgan fingerprint density at radius 3 is 2.51 bits per heavy atom. The monoisotopic (exact) mass is 549 g/mol. The van der Waals surface area contributed by atoms with Crippen molar-refractivity contribution >= 4 is 22.6 Å². The number of carbonyl (C=O) groups excluding carboxylic acids is 1. The van der Waals surface area contributed by atoms with Crippen LogP contribution in [0.2, 0.25) is 0 Å². The number of urea groups is 1. The third-order valence-corrected chi connectivity index (χ3v) is 6.82. The number of H-pyrrole nitrogens is 1. The number of tetrazole rings is 1. The molecule has 0 aliphatic rings. The standard InChI is InChI=1S/C31H35N9O/c1-5-6-11-28-35-27-17-16-23(34-31(41)33-20(2)3)18-26(27)30(32-4)40(28)19-21-12-14-22(15-13-21)24-9-7-8-10-25(24)29-36-38-39-37-29/h7-10,12-18,20H,5-6,11,19H2,1-4H3,(H2,33,34,41)(H,36,37,38,39). The van der Waals surface area contributed by atoms with Crippen LogP contribution in [0.4, 0.5) is 10.5 Å². The molecule has 41 heavy (non-hydrogen) atoms. The van der Waals surface area contributed by atoms with E-state index in [9.17, 15) is 4.79 Å². The Labute approximate surface area is 239 Å². The van der Waals surface area contributed by atoms with Crippen LogP contribution in [0.15, 0.2) is 71.7 Å². The predicted octanol–water partition coefficient (Wildman–Crippen LogP) is 5.33. The largest absolute Gasteiger partial charge is 0.336 e. The fourth-order valence-electron chi connectivity index (χ4n) is 4.90. The topological polar surface area (TPSA) is 126 Å². The van der Waals surface area contributed by atoms with Crippen molar-refractivity contribution in [3.63, 3.8) is 0 Å². The molecule has 3 aromatic carbocycles. The van der Waals surface area contributed by atoms with Crippen molar-refractivity contribution in [2.75, 3.05) is 12.4 Å². The summed E-state index contributed by atoms with van der Waals surface area (Å²) in [6.45, 7) is 6.66. The van der Waals surface area contributed by atoms with E-state index in [4.69, 9.17) is 9.98 Å². The number of carbonyl (C=O) groups is 1. The SMILES string of the molecule is CCCCc1nc2ccc(NC(=O)NC(C)C)cc2c(=NC)n1Cc1ccc(-c2ccccc2-c2nn[nH]n2)cc1. The first-order valence-corrected chi connectivity index (χ1v) is 13.9. The van der Waals surface area contributed by atoms with Crippen molar-refractivity contribution in [1.29, 1.82) is 0 Å².